The fourth-order valence-corrected chi connectivity index (χ4v) is 6.13. The maximum atomic E-state index is 9.16. The van der Waals surface area contributed by atoms with Crippen molar-refractivity contribution in [1.29, 1.82) is 0 Å². The van der Waals surface area contributed by atoms with Crippen molar-refractivity contribution in [3.05, 3.63) is 18.5 Å². The highest BCUT2D eigenvalue weighted by atomic mass is 32.2. The number of nitrogen functional groups attached to an aromatic ring is 1. The van der Waals surface area contributed by atoms with Gasteiger partial charge in [0.2, 0.25) is 5.95 Å². The lowest BCUT2D eigenvalue weighted by atomic mass is 10.0. The van der Waals surface area contributed by atoms with Crippen LogP contribution in [0.4, 0.5) is 5.95 Å². The third-order valence-corrected chi connectivity index (χ3v) is 12.1. The maximum Gasteiger partial charge on any atom is 0.223 e. The van der Waals surface area contributed by atoms with E-state index in [1.807, 2.05) is 4.57 Å². The van der Waals surface area contributed by atoms with Gasteiger partial charge >= 0.3 is 0 Å². The minimum Gasteiger partial charge on any atom is -0.411 e. The lowest BCUT2D eigenvalue weighted by molar-refractivity contribution is -0.0995. The zero-order valence-corrected chi connectivity index (χ0v) is 20.8. The van der Waals surface area contributed by atoms with Crippen LogP contribution in [0.2, 0.25) is 18.1 Å². The standard InChI is InChI=1S/C21H33N5O3SSi/c1-20(2,3)31(4,5)29-14-7-6-9-21(14)10-8-15(28-21)26-13-23-16-17(26)24-19(22)25-18(16)30-12-11-27/h8,10,13-15,27H,6-7,9,11-12H2,1-5H3,(H2,22,24,25)/t14-,15?,21+/m1/s1. The van der Waals surface area contributed by atoms with Crippen molar-refractivity contribution in [1.82, 2.24) is 19.5 Å². The number of anilines is 1. The summed E-state index contributed by atoms with van der Waals surface area (Å²) in [5.74, 6) is 0.708. The van der Waals surface area contributed by atoms with Gasteiger partial charge in [-0.15, -0.1) is 11.8 Å². The molecule has 1 saturated carbocycles. The van der Waals surface area contributed by atoms with E-state index in [9.17, 15) is 0 Å². The number of ether oxygens (including phenoxy) is 1. The monoisotopic (exact) mass is 463 g/mol. The summed E-state index contributed by atoms with van der Waals surface area (Å²) in [6.45, 7) is 11.5. The molecule has 1 unspecified atom stereocenters. The van der Waals surface area contributed by atoms with E-state index in [0.717, 1.165) is 19.3 Å². The van der Waals surface area contributed by atoms with Crippen molar-refractivity contribution < 1.29 is 14.3 Å². The van der Waals surface area contributed by atoms with E-state index < -0.39 is 13.9 Å². The molecular weight excluding hydrogens is 430 g/mol. The summed E-state index contributed by atoms with van der Waals surface area (Å²) in [7, 11) is -1.92. The molecule has 1 spiro atoms. The molecule has 1 fully saturated rings. The van der Waals surface area contributed by atoms with Gasteiger partial charge in [-0.1, -0.05) is 20.8 Å². The molecule has 31 heavy (non-hydrogen) atoms. The SMILES string of the molecule is CC(C)(C)[Si](C)(C)O[C@@H]1CCC[C@]12C=CC(n1cnc3c(SCCO)nc(N)nc31)O2. The van der Waals surface area contributed by atoms with E-state index in [4.69, 9.17) is 20.0 Å². The number of hydrogen-bond acceptors (Lipinski definition) is 8. The van der Waals surface area contributed by atoms with E-state index in [2.05, 4.69) is 61.0 Å². The van der Waals surface area contributed by atoms with Gasteiger partial charge in [-0.25, -0.2) is 9.97 Å². The Balaban J connectivity index is 1.60. The van der Waals surface area contributed by atoms with Crippen molar-refractivity contribution >= 4 is 37.2 Å². The summed E-state index contributed by atoms with van der Waals surface area (Å²) in [5.41, 5.74) is 6.86. The molecule has 2 aliphatic rings. The van der Waals surface area contributed by atoms with Crippen LogP contribution in [0, 0.1) is 0 Å². The molecule has 3 N–H and O–H groups in total. The second-order valence-corrected chi connectivity index (χ2v) is 15.7. The first kappa shape index (κ1) is 22.7. The summed E-state index contributed by atoms with van der Waals surface area (Å²) in [5, 5.41) is 9.98. The number of aliphatic hydroxyl groups excluding tert-OH is 1. The molecule has 170 valence electrons. The fraction of sp³-hybridized carbons (Fsp3) is 0.667. The third-order valence-electron chi connectivity index (χ3n) is 6.72. The van der Waals surface area contributed by atoms with Gasteiger partial charge in [0.15, 0.2) is 20.2 Å². The first-order valence-corrected chi connectivity index (χ1v) is 14.7. The Morgan fingerprint density at radius 2 is 2.16 bits per heavy atom. The second-order valence-electron chi connectivity index (χ2n) is 9.86. The molecule has 4 rings (SSSR count). The average Bonchev–Trinajstić information content (AvgIpc) is 3.38. The lowest BCUT2D eigenvalue weighted by Gasteiger charge is -2.42. The van der Waals surface area contributed by atoms with Crippen LogP contribution < -0.4 is 5.73 Å². The number of aliphatic hydroxyl groups is 1. The van der Waals surface area contributed by atoms with Crippen molar-refractivity contribution in [3.63, 3.8) is 0 Å². The van der Waals surface area contributed by atoms with Crippen LogP contribution in [0.15, 0.2) is 23.5 Å². The Hall–Kier alpha value is -1.46. The molecule has 0 amide bonds. The van der Waals surface area contributed by atoms with Crippen LogP contribution in [0.1, 0.15) is 46.3 Å². The van der Waals surface area contributed by atoms with Crippen molar-refractivity contribution in [2.45, 2.75) is 81.1 Å². The van der Waals surface area contributed by atoms with Gasteiger partial charge in [-0.3, -0.25) is 4.57 Å². The van der Waals surface area contributed by atoms with E-state index in [0.29, 0.717) is 21.9 Å². The summed E-state index contributed by atoms with van der Waals surface area (Å²) in [4.78, 5) is 13.2. The first-order valence-electron chi connectivity index (χ1n) is 10.8. The molecule has 0 saturated heterocycles. The third kappa shape index (κ3) is 4.16. The molecule has 1 aliphatic carbocycles. The van der Waals surface area contributed by atoms with Crippen molar-refractivity contribution in [3.8, 4) is 0 Å². The predicted octanol–water partition coefficient (Wildman–Crippen LogP) is 3.89. The van der Waals surface area contributed by atoms with Crippen LogP contribution in [0.25, 0.3) is 11.2 Å². The lowest BCUT2D eigenvalue weighted by Crippen LogP contribution is -2.49. The molecule has 10 heteroatoms. The van der Waals surface area contributed by atoms with Gasteiger partial charge in [0, 0.05) is 5.75 Å². The molecule has 3 heterocycles. The van der Waals surface area contributed by atoms with Crippen LogP contribution in [0.5, 0.6) is 0 Å². The number of fused-ring (bicyclic) bond motifs is 1. The number of nitrogens with zero attached hydrogens (tertiary/aromatic N) is 4. The highest BCUT2D eigenvalue weighted by Gasteiger charge is 2.51. The van der Waals surface area contributed by atoms with Crippen LogP contribution in [-0.2, 0) is 9.16 Å². The summed E-state index contributed by atoms with van der Waals surface area (Å²) in [6, 6.07) is 0. The molecule has 0 bridgehead atoms. The van der Waals surface area contributed by atoms with Crippen LogP contribution in [0.3, 0.4) is 0 Å². The Morgan fingerprint density at radius 3 is 2.87 bits per heavy atom. The molecule has 0 aromatic carbocycles. The van der Waals surface area contributed by atoms with Crippen LogP contribution in [-0.4, -0.2) is 57.0 Å². The second kappa shape index (κ2) is 8.15. The Labute approximate surface area is 188 Å². The Bertz CT molecular complexity index is 989. The zero-order chi connectivity index (χ0) is 22.4. The van der Waals surface area contributed by atoms with Gasteiger partial charge in [0.05, 0.1) is 19.0 Å². The molecule has 0 radical (unpaired) electrons. The van der Waals surface area contributed by atoms with Gasteiger partial charge < -0.3 is 20.0 Å². The molecular formula is C21H33N5O3SSi. The number of rotatable bonds is 6. The fourth-order valence-electron chi connectivity index (χ4n) is 4.02. The Morgan fingerprint density at radius 1 is 1.39 bits per heavy atom. The smallest absolute Gasteiger partial charge is 0.223 e. The Kier molecular flexibility index (Phi) is 5.97. The molecule has 3 atom stereocenters. The number of nitrogens with two attached hydrogens (primary N) is 1. The highest BCUT2D eigenvalue weighted by molar-refractivity contribution is 7.99. The average molecular weight is 464 g/mol. The van der Waals surface area contributed by atoms with E-state index in [1.54, 1.807) is 6.33 Å². The van der Waals surface area contributed by atoms with Gasteiger partial charge in [0.1, 0.15) is 16.1 Å². The maximum absolute atomic E-state index is 9.16. The van der Waals surface area contributed by atoms with Crippen LogP contribution >= 0.6 is 11.8 Å². The molecule has 2 aromatic rings. The summed E-state index contributed by atoms with van der Waals surface area (Å²) < 4.78 is 15.4. The quantitative estimate of drug-likeness (QED) is 0.287. The van der Waals surface area contributed by atoms with Crippen molar-refractivity contribution in [2.24, 2.45) is 0 Å². The predicted molar refractivity (Wildman–Crippen MR) is 125 cm³/mol. The number of imidazole rings is 1. The van der Waals surface area contributed by atoms with Crippen molar-refractivity contribution in [2.75, 3.05) is 18.1 Å². The number of aromatic nitrogens is 4. The zero-order valence-electron chi connectivity index (χ0n) is 19.0. The van der Waals surface area contributed by atoms with Gasteiger partial charge in [-0.2, -0.15) is 4.98 Å². The van der Waals surface area contributed by atoms with Gasteiger partial charge in [-0.05, 0) is 49.5 Å². The topological polar surface area (TPSA) is 108 Å². The van der Waals surface area contributed by atoms with E-state index in [-0.39, 0.29) is 29.9 Å². The largest absolute Gasteiger partial charge is 0.411 e. The highest BCUT2D eigenvalue weighted by Crippen LogP contribution is 2.48. The molecule has 2 aromatic heterocycles. The summed E-state index contributed by atoms with van der Waals surface area (Å²) >= 11 is 1.42. The summed E-state index contributed by atoms with van der Waals surface area (Å²) in [6.07, 6.45) is 8.75. The number of thioether (sulfide) groups is 1. The molecule has 1 aliphatic heterocycles. The van der Waals surface area contributed by atoms with E-state index >= 15 is 0 Å². The first-order chi connectivity index (χ1) is 14.6. The normalized spacial score (nSPS) is 26.5. The van der Waals surface area contributed by atoms with Gasteiger partial charge in [0.25, 0.3) is 0 Å². The number of hydrogen-bond donors (Lipinski definition) is 2. The minimum absolute atomic E-state index is 0.0554. The van der Waals surface area contributed by atoms with E-state index in [1.165, 1.54) is 11.8 Å². The molecule has 8 nitrogen and oxygen atoms in total. The minimum atomic E-state index is -1.92.